The standard InChI is InChI=1S/C33H33.C17H23.C8H8.2ClH.Zr/c1-32(2,3)30-20-26-24(18-28(30)22-13-9-7-10-14-22)17-25-19-29(23-15-11-8-12-16-23)31(21-27(25)26)33(4,5)6;1-11-3-4-14(5-11)17(2)15-7-12-6-13(9-15)10-16(17)8-12;1-2-8-6-4-3-5-7-8;;;/h7-16,18,20-21H,17H2,1-6H3;3-5,12-13,15-16H,6-10H2,1-2H3;3-7H,1H3;2*1H;/q2*-1;;;;+2/p-2. The van der Waals surface area contributed by atoms with Gasteiger partial charge >= 0.3 is 70.3 Å². The third kappa shape index (κ3) is 9.81. The van der Waals surface area contributed by atoms with E-state index in [0.717, 1.165) is 30.1 Å². The van der Waals surface area contributed by atoms with Crippen molar-refractivity contribution in [2.45, 2.75) is 117 Å². The van der Waals surface area contributed by atoms with Gasteiger partial charge in [-0.15, -0.1) is 28.8 Å². The number of rotatable bonds is 4. The number of aryl methyl sites for hydroxylation is 1. The molecule has 0 spiro atoms. The second kappa shape index (κ2) is 18.9. The van der Waals surface area contributed by atoms with Crippen LogP contribution in [0.1, 0.15) is 126 Å². The van der Waals surface area contributed by atoms with Crippen LogP contribution in [0.2, 0.25) is 0 Å². The first-order valence-electron chi connectivity index (χ1n) is 22.3. The van der Waals surface area contributed by atoms with Gasteiger partial charge in [0.15, 0.2) is 0 Å². The summed E-state index contributed by atoms with van der Waals surface area (Å²) in [4.78, 5) is 0. The Morgan fingerprint density at radius 2 is 1.15 bits per heavy atom. The van der Waals surface area contributed by atoms with Crippen LogP contribution in [-0.2, 0) is 46.9 Å². The smallest absolute Gasteiger partial charge is 0.0407 e. The van der Waals surface area contributed by atoms with E-state index in [1.165, 1.54) is 120 Å². The van der Waals surface area contributed by atoms with Crippen molar-refractivity contribution < 1.29 is 49.0 Å². The predicted molar refractivity (Wildman–Crippen MR) is 249 cm³/mol. The van der Waals surface area contributed by atoms with Crippen molar-refractivity contribution in [2.75, 3.05) is 0 Å². The summed E-state index contributed by atoms with van der Waals surface area (Å²) in [6, 6.07) is 50.5. The number of halogens is 2. The van der Waals surface area contributed by atoms with Gasteiger partial charge in [0.25, 0.3) is 0 Å². The summed E-state index contributed by atoms with van der Waals surface area (Å²) in [5, 5.41) is 0. The monoisotopic (exact) mass is 920 g/mol. The molecule has 316 valence electrons. The maximum atomic E-state index is 3.88. The molecule has 11 rings (SSSR count). The van der Waals surface area contributed by atoms with Crippen LogP contribution in [0.25, 0.3) is 33.4 Å². The molecule has 5 aliphatic carbocycles. The van der Waals surface area contributed by atoms with Crippen LogP contribution >= 0.6 is 0 Å². The van der Waals surface area contributed by atoms with Crippen LogP contribution in [0.3, 0.4) is 0 Å². The van der Waals surface area contributed by atoms with E-state index >= 15 is 0 Å². The largest absolute Gasteiger partial charge is 1.00 e. The molecule has 3 heteroatoms. The third-order valence-corrected chi connectivity index (χ3v) is 15.1. The van der Waals surface area contributed by atoms with Crippen LogP contribution in [0.15, 0.2) is 127 Å². The Kier molecular flexibility index (Phi) is 14.6. The summed E-state index contributed by atoms with van der Waals surface area (Å²) in [5.74, 6) is 4.14. The van der Waals surface area contributed by atoms with Gasteiger partial charge < -0.3 is 24.8 Å². The second-order valence-electron chi connectivity index (χ2n) is 20.7. The minimum atomic E-state index is 0. The van der Waals surface area contributed by atoms with Gasteiger partial charge in [-0.05, 0) is 95.3 Å². The predicted octanol–water partition coefficient (Wildman–Crippen LogP) is 9.20. The van der Waals surface area contributed by atoms with Crippen molar-refractivity contribution in [2.24, 2.45) is 23.7 Å². The normalized spacial score (nSPS) is 21.7. The van der Waals surface area contributed by atoms with Crippen LogP contribution < -0.4 is 24.8 Å². The van der Waals surface area contributed by atoms with E-state index in [2.05, 4.69) is 190 Å². The fourth-order valence-electron chi connectivity index (χ4n) is 11.3. The topological polar surface area (TPSA) is 0 Å². The van der Waals surface area contributed by atoms with Crippen molar-refractivity contribution in [3.05, 3.63) is 172 Å². The summed E-state index contributed by atoms with van der Waals surface area (Å²) >= 11 is 1.51. The molecule has 0 nitrogen and oxygen atoms in total. The van der Waals surface area contributed by atoms with E-state index in [1.807, 2.05) is 6.07 Å². The van der Waals surface area contributed by atoms with Crippen molar-refractivity contribution in [1.82, 2.24) is 0 Å². The van der Waals surface area contributed by atoms with E-state index in [1.54, 1.807) is 12.0 Å². The minimum Gasteiger partial charge on any atom is -1.00 e. The van der Waals surface area contributed by atoms with Gasteiger partial charge in [0.2, 0.25) is 0 Å². The van der Waals surface area contributed by atoms with Crippen molar-refractivity contribution in [3.8, 4) is 33.4 Å². The molecule has 0 heterocycles. The zero-order chi connectivity index (χ0) is 41.7. The first kappa shape index (κ1) is 47.3. The zero-order valence-corrected chi connectivity index (χ0v) is 41.9. The van der Waals surface area contributed by atoms with E-state index in [0.29, 0.717) is 5.41 Å². The van der Waals surface area contributed by atoms with Gasteiger partial charge in [0.05, 0.1) is 0 Å². The van der Waals surface area contributed by atoms with E-state index in [9.17, 15) is 0 Å². The van der Waals surface area contributed by atoms with Crippen LogP contribution in [0.4, 0.5) is 0 Å². The molecule has 0 atom stereocenters. The maximum absolute atomic E-state index is 3.88. The molecular formula is C58H64Cl2Zr-2. The third-order valence-electron chi connectivity index (χ3n) is 14.4. The molecule has 0 N–H and O–H groups in total. The summed E-state index contributed by atoms with van der Waals surface area (Å²) in [6.45, 7) is 20.9. The average molecular weight is 923 g/mol. The summed E-state index contributed by atoms with van der Waals surface area (Å²) < 4.78 is 1.46. The molecular weight excluding hydrogens is 859 g/mol. The molecule has 4 bridgehead atoms. The Morgan fingerprint density at radius 1 is 0.639 bits per heavy atom. The molecule has 6 aromatic rings. The second-order valence-corrected chi connectivity index (χ2v) is 22.5. The summed E-state index contributed by atoms with van der Waals surface area (Å²) in [7, 11) is 0. The Morgan fingerprint density at radius 3 is 1.62 bits per heavy atom. The Hall–Kier alpha value is -3.22. The molecule has 0 radical (unpaired) electrons. The van der Waals surface area contributed by atoms with Crippen LogP contribution in [0, 0.1) is 36.7 Å². The molecule has 0 saturated heterocycles. The number of benzene rings is 5. The van der Waals surface area contributed by atoms with Crippen LogP contribution in [0.5, 0.6) is 0 Å². The van der Waals surface area contributed by atoms with E-state index in [4.69, 9.17) is 0 Å². The van der Waals surface area contributed by atoms with Gasteiger partial charge in [-0.1, -0.05) is 150 Å². The fourth-order valence-corrected chi connectivity index (χ4v) is 11.7. The molecule has 5 aliphatic rings. The van der Waals surface area contributed by atoms with Gasteiger partial charge in [-0.25, -0.2) is 6.07 Å². The minimum absolute atomic E-state index is 0. The van der Waals surface area contributed by atoms with Crippen molar-refractivity contribution in [1.29, 1.82) is 0 Å². The molecule has 0 aliphatic heterocycles. The SMILES string of the molecule is CC(C)(C)c1cc2c([c-]c1-c1ccccc1)Cc1cc(-c3ccccc3)c(C(C)(C)C)cc1-2.C[C](=[Zr+2])c1ccccc1.Cc1cc(C2(C)C3CC4CC(C3)CC2C4)c[cH-]1.[Cl-].[Cl-]. The van der Waals surface area contributed by atoms with Gasteiger partial charge in [0.1, 0.15) is 0 Å². The Bertz CT molecular complexity index is 2290. The molecule has 6 aromatic carbocycles. The maximum Gasteiger partial charge on any atom is -0.0407 e. The summed E-state index contributed by atoms with van der Waals surface area (Å²) in [6.07, 6.45) is 8.59. The van der Waals surface area contributed by atoms with Crippen LogP contribution in [-0.4, -0.2) is 3.21 Å². The molecule has 4 fully saturated rings. The zero-order valence-electron chi connectivity index (χ0n) is 37.9. The Labute approximate surface area is 395 Å². The fraction of sp³-hybridized carbons (Fsp3) is 0.379. The molecule has 0 aromatic heterocycles. The van der Waals surface area contributed by atoms with Gasteiger partial charge in [-0.2, -0.15) is 23.3 Å². The number of fused-ring (bicyclic) bond motifs is 3. The van der Waals surface area contributed by atoms with E-state index < -0.39 is 0 Å². The molecule has 0 unspecified atom stereocenters. The molecule has 4 saturated carbocycles. The Balaban J connectivity index is 0.000000184. The quantitative estimate of drug-likeness (QED) is 0.155. The first-order valence-corrected chi connectivity index (χ1v) is 23.5. The van der Waals surface area contributed by atoms with E-state index in [-0.39, 0.29) is 35.6 Å². The van der Waals surface area contributed by atoms with Crippen molar-refractivity contribution in [3.63, 3.8) is 0 Å². The van der Waals surface area contributed by atoms with Crippen molar-refractivity contribution >= 4 is 3.21 Å². The number of hydrogen-bond acceptors (Lipinski definition) is 0. The summed E-state index contributed by atoms with van der Waals surface area (Å²) in [5.41, 5.74) is 18.5. The molecule has 0 amide bonds. The van der Waals surface area contributed by atoms with Gasteiger partial charge in [0, 0.05) is 0 Å². The molecule has 61 heavy (non-hydrogen) atoms. The average Bonchev–Trinajstić information content (AvgIpc) is 3.82. The van der Waals surface area contributed by atoms with Gasteiger partial charge in [-0.3, -0.25) is 0 Å². The first-order chi connectivity index (χ1) is 28.1. The number of hydrogen-bond donors (Lipinski definition) is 0.